The van der Waals surface area contributed by atoms with E-state index >= 15 is 0 Å². The average Bonchev–Trinajstić information content (AvgIpc) is 3.42. The van der Waals surface area contributed by atoms with Crippen LogP contribution in [0.25, 0.3) is 0 Å². The number of amides is 1. The number of halogens is 1. The van der Waals surface area contributed by atoms with Crippen molar-refractivity contribution in [2.75, 3.05) is 37.6 Å². The van der Waals surface area contributed by atoms with Crippen molar-refractivity contribution >= 4 is 11.6 Å². The molecule has 28 heavy (non-hydrogen) atoms. The molecule has 150 valence electrons. The Kier molecular flexibility index (Phi) is 5.95. The molecule has 1 amide bonds. The summed E-state index contributed by atoms with van der Waals surface area (Å²) in [6.07, 6.45) is 6.44. The SMILES string of the molecule is O=C(CN(Cc1ccco1)C1CCCC1)N1CCN(c2ccccc2F)CC1. The summed E-state index contributed by atoms with van der Waals surface area (Å²) in [5, 5.41) is 0. The van der Waals surface area contributed by atoms with Gasteiger partial charge in [-0.05, 0) is 37.1 Å². The van der Waals surface area contributed by atoms with E-state index in [4.69, 9.17) is 4.42 Å². The zero-order chi connectivity index (χ0) is 19.3. The van der Waals surface area contributed by atoms with Crippen LogP contribution in [0.2, 0.25) is 0 Å². The third-order valence-electron chi connectivity index (χ3n) is 5.94. The molecule has 0 atom stereocenters. The van der Waals surface area contributed by atoms with Crippen LogP contribution in [0, 0.1) is 5.82 Å². The summed E-state index contributed by atoms with van der Waals surface area (Å²) in [6.45, 7) is 3.69. The maximum absolute atomic E-state index is 14.0. The summed E-state index contributed by atoms with van der Waals surface area (Å²) in [5.41, 5.74) is 0.625. The molecule has 0 unspecified atom stereocenters. The molecule has 2 aromatic rings. The van der Waals surface area contributed by atoms with Gasteiger partial charge in [0.2, 0.25) is 5.91 Å². The number of carbonyl (C=O) groups excluding carboxylic acids is 1. The fraction of sp³-hybridized carbons (Fsp3) is 0.500. The second-order valence-corrected chi connectivity index (χ2v) is 7.74. The molecule has 1 aromatic carbocycles. The first-order valence-electron chi connectivity index (χ1n) is 10.2. The number of hydrogen-bond donors (Lipinski definition) is 0. The van der Waals surface area contributed by atoms with Crippen LogP contribution in [-0.2, 0) is 11.3 Å². The van der Waals surface area contributed by atoms with Crippen LogP contribution in [0.15, 0.2) is 47.1 Å². The van der Waals surface area contributed by atoms with Gasteiger partial charge in [0.05, 0.1) is 25.0 Å². The number of nitrogens with zero attached hydrogens (tertiary/aromatic N) is 3. The summed E-state index contributed by atoms with van der Waals surface area (Å²) in [4.78, 5) is 19.2. The monoisotopic (exact) mass is 385 g/mol. The minimum atomic E-state index is -0.201. The third kappa shape index (κ3) is 4.38. The van der Waals surface area contributed by atoms with Gasteiger partial charge >= 0.3 is 0 Å². The van der Waals surface area contributed by atoms with Gasteiger partial charge in [0.25, 0.3) is 0 Å². The van der Waals surface area contributed by atoms with Gasteiger partial charge < -0.3 is 14.2 Å². The summed E-state index contributed by atoms with van der Waals surface area (Å²) in [6, 6.07) is 11.2. The Morgan fingerprint density at radius 3 is 2.50 bits per heavy atom. The lowest BCUT2D eigenvalue weighted by Crippen LogP contribution is -2.52. The van der Waals surface area contributed by atoms with Crippen LogP contribution in [0.3, 0.4) is 0 Å². The molecule has 1 aliphatic carbocycles. The average molecular weight is 385 g/mol. The number of furan rings is 1. The van der Waals surface area contributed by atoms with Crippen molar-refractivity contribution in [2.24, 2.45) is 0 Å². The molecular formula is C22H28FN3O2. The van der Waals surface area contributed by atoms with Gasteiger partial charge in [0.15, 0.2) is 0 Å². The van der Waals surface area contributed by atoms with Crippen molar-refractivity contribution < 1.29 is 13.6 Å². The molecule has 0 N–H and O–H groups in total. The van der Waals surface area contributed by atoms with Gasteiger partial charge in [0, 0.05) is 32.2 Å². The highest BCUT2D eigenvalue weighted by molar-refractivity contribution is 5.78. The molecule has 4 rings (SSSR count). The Bertz CT molecular complexity index is 766. The molecule has 2 heterocycles. The highest BCUT2D eigenvalue weighted by Crippen LogP contribution is 2.25. The van der Waals surface area contributed by atoms with Gasteiger partial charge in [-0.25, -0.2) is 4.39 Å². The van der Waals surface area contributed by atoms with E-state index in [9.17, 15) is 9.18 Å². The van der Waals surface area contributed by atoms with Crippen molar-refractivity contribution in [1.82, 2.24) is 9.80 Å². The van der Waals surface area contributed by atoms with Crippen LogP contribution in [0.5, 0.6) is 0 Å². The van der Waals surface area contributed by atoms with E-state index in [0.717, 1.165) is 18.6 Å². The van der Waals surface area contributed by atoms with E-state index in [2.05, 4.69) is 4.90 Å². The summed E-state index contributed by atoms with van der Waals surface area (Å²) in [5.74, 6) is 0.865. The van der Waals surface area contributed by atoms with Gasteiger partial charge in [-0.15, -0.1) is 0 Å². The second-order valence-electron chi connectivity index (χ2n) is 7.74. The lowest BCUT2D eigenvalue weighted by atomic mass is 10.2. The highest BCUT2D eigenvalue weighted by Gasteiger charge is 2.28. The topological polar surface area (TPSA) is 39.9 Å². The van der Waals surface area contributed by atoms with Crippen LogP contribution in [0.4, 0.5) is 10.1 Å². The smallest absolute Gasteiger partial charge is 0.236 e. The maximum Gasteiger partial charge on any atom is 0.236 e. The molecule has 0 bridgehead atoms. The zero-order valence-corrected chi connectivity index (χ0v) is 16.2. The maximum atomic E-state index is 14.0. The number of benzene rings is 1. The molecule has 0 spiro atoms. The third-order valence-corrected chi connectivity index (χ3v) is 5.94. The predicted molar refractivity (Wildman–Crippen MR) is 107 cm³/mol. The Labute approximate surface area is 165 Å². The van der Waals surface area contributed by atoms with Crippen molar-refractivity contribution in [3.63, 3.8) is 0 Å². The van der Waals surface area contributed by atoms with Gasteiger partial charge in [0.1, 0.15) is 11.6 Å². The number of carbonyl (C=O) groups is 1. The molecule has 5 nitrogen and oxygen atoms in total. The van der Waals surface area contributed by atoms with E-state index in [1.54, 1.807) is 18.4 Å². The number of hydrogen-bond acceptors (Lipinski definition) is 4. The van der Waals surface area contributed by atoms with Crippen LogP contribution < -0.4 is 4.90 Å². The lowest BCUT2D eigenvalue weighted by molar-refractivity contribution is -0.133. The van der Waals surface area contributed by atoms with Crippen molar-refractivity contribution in [3.05, 3.63) is 54.2 Å². The summed E-state index contributed by atoms with van der Waals surface area (Å²) < 4.78 is 19.5. The molecular weight excluding hydrogens is 357 g/mol. The van der Waals surface area contributed by atoms with E-state index < -0.39 is 0 Å². The minimum Gasteiger partial charge on any atom is -0.468 e. The molecule has 2 fully saturated rings. The van der Waals surface area contributed by atoms with E-state index in [-0.39, 0.29) is 11.7 Å². The second kappa shape index (κ2) is 8.78. The molecule has 1 saturated carbocycles. The fourth-order valence-corrected chi connectivity index (χ4v) is 4.36. The molecule has 2 aliphatic rings. The molecule has 6 heteroatoms. The highest BCUT2D eigenvalue weighted by atomic mass is 19.1. The van der Waals surface area contributed by atoms with Gasteiger partial charge in [-0.3, -0.25) is 9.69 Å². The Balaban J connectivity index is 1.35. The zero-order valence-electron chi connectivity index (χ0n) is 16.2. The Morgan fingerprint density at radius 1 is 1.07 bits per heavy atom. The van der Waals surface area contributed by atoms with E-state index in [1.165, 1.54) is 18.9 Å². The van der Waals surface area contributed by atoms with Crippen molar-refractivity contribution in [1.29, 1.82) is 0 Å². The van der Waals surface area contributed by atoms with E-state index in [1.807, 2.05) is 28.0 Å². The van der Waals surface area contributed by atoms with Gasteiger partial charge in [-0.1, -0.05) is 25.0 Å². The molecule has 1 saturated heterocycles. The van der Waals surface area contributed by atoms with Crippen LogP contribution in [-0.4, -0.2) is 54.5 Å². The molecule has 1 aliphatic heterocycles. The molecule has 1 aromatic heterocycles. The number of rotatable bonds is 6. The fourth-order valence-electron chi connectivity index (χ4n) is 4.36. The predicted octanol–water partition coefficient (Wildman–Crippen LogP) is 3.51. The number of para-hydroxylation sites is 1. The van der Waals surface area contributed by atoms with Crippen LogP contribution in [0.1, 0.15) is 31.4 Å². The van der Waals surface area contributed by atoms with Crippen LogP contribution >= 0.6 is 0 Å². The summed E-state index contributed by atoms with van der Waals surface area (Å²) in [7, 11) is 0. The minimum absolute atomic E-state index is 0.159. The largest absolute Gasteiger partial charge is 0.468 e. The normalized spacial score (nSPS) is 18.2. The lowest BCUT2D eigenvalue weighted by Gasteiger charge is -2.37. The van der Waals surface area contributed by atoms with Gasteiger partial charge in [-0.2, -0.15) is 0 Å². The first kappa shape index (κ1) is 19.0. The molecule has 0 radical (unpaired) electrons. The number of anilines is 1. The first-order valence-corrected chi connectivity index (χ1v) is 10.2. The standard InChI is InChI=1S/C22H28FN3O2/c23-20-9-3-4-10-21(20)24-11-13-25(14-12-24)22(27)17-26(18-6-1-2-7-18)16-19-8-5-15-28-19/h3-5,8-10,15,18H,1-2,6-7,11-14,16-17H2. The Hall–Kier alpha value is -2.34. The van der Waals surface area contributed by atoms with Crippen molar-refractivity contribution in [3.8, 4) is 0 Å². The quantitative estimate of drug-likeness (QED) is 0.763. The first-order chi connectivity index (χ1) is 13.7. The summed E-state index contributed by atoms with van der Waals surface area (Å²) >= 11 is 0. The number of piperazine rings is 1. The Morgan fingerprint density at radius 2 is 1.82 bits per heavy atom. The van der Waals surface area contributed by atoms with Crippen molar-refractivity contribution in [2.45, 2.75) is 38.3 Å². The van der Waals surface area contributed by atoms with E-state index in [0.29, 0.717) is 51.0 Å².